The van der Waals surface area contributed by atoms with Gasteiger partial charge in [0.05, 0.1) is 11.8 Å². The molecule has 1 aliphatic rings. The number of nitrogens with zero attached hydrogens (tertiary/aromatic N) is 1. The summed E-state index contributed by atoms with van der Waals surface area (Å²) in [6.07, 6.45) is 8.39. The van der Waals surface area contributed by atoms with Gasteiger partial charge in [0.1, 0.15) is 0 Å². The van der Waals surface area contributed by atoms with Gasteiger partial charge in [-0.25, -0.2) is 0 Å². The maximum atomic E-state index is 12.9. The third-order valence-corrected chi connectivity index (χ3v) is 5.47. The second-order valence-electron chi connectivity index (χ2n) is 6.31. The fourth-order valence-electron chi connectivity index (χ4n) is 2.61. The van der Waals surface area contributed by atoms with Crippen LogP contribution in [0.15, 0.2) is 30.5 Å². The molecule has 3 heteroatoms. The Labute approximate surface area is 144 Å². The molecule has 1 aromatic carbocycles. The lowest BCUT2D eigenvalue weighted by Crippen LogP contribution is -2.38. The summed E-state index contributed by atoms with van der Waals surface area (Å²) in [4.78, 5) is 15.0. The van der Waals surface area contributed by atoms with E-state index in [1.54, 1.807) is 11.8 Å². The van der Waals surface area contributed by atoms with Crippen LogP contribution in [0.4, 0.5) is 0 Å². The van der Waals surface area contributed by atoms with Gasteiger partial charge in [-0.1, -0.05) is 51.0 Å². The molecule has 0 fully saturated rings. The molecule has 0 saturated heterocycles. The molecule has 1 atom stereocenters. The molecule has 0 saturated carbocycles. The Morgan fingerprint density at radius 1 is 1.43 bits per heavy atom. The summed E-state index contributed by atoms with van der Waals surface area (Å²) in [6.45, 7) is 7.74. The molecule has 0 N–H and O–H groups in total. The van der Waals surface area contributed by atoms with Gasteiger partial charge in [-0.2, -0.15) is 0 Å². The highest BCUT2D eigenvalue weighted by molar-refractivity contribution is 8.00. The van der Waals surface area contributed by atoms with E-state index in [4.69, 9.17) is 6.42 Å². The first-order valence-corrected chi connectivity index (χ1v) is 9.24. The van der Waals surface area contributed by atoms with Crippen molar-refractivity contribution in [1.82, 2.24) is 4.90 Å². The van der Waals surface area contributed by atoms with E-state index in [0.29, 0.717) is 19.0 Å². The van der Waals surface area contributed by atoms with Gasteiger partial charge in [0.15, 0.2) is 5.78 Å². The Hall–Kier alpha value is -1.66. The first-order valence-electron chi connectivity index (χ1n) is 8.19. The van der Waals surface area contributed by atoms with Crippen LogP contribution in [0.2, 0.25) is 0 Å². The highest BCUT2D eigenvalue weighted by Gasteiger charge is 2.30. The standard InChI is InChI=1S/C20H25NOS/c1-5-10-21-12-18(17-9-7-8-16(6-2)11-17)20(22)19(13-21)23-14-15(3)4/h1,7-9,11-12,15,19H,6,10,13-14H2,2-4H3. The first kappa shape index (κ1) is 17.7. The fourth-order valence-corrected chi connectivity index (χ4v) is 3.80. The number of carbonyl (C=O) groups is 1. The summed E-state index contributed by atoms with van der Waals surface area (Å²) in [6, 6.07) is 8.26. The molecule has 1 heterocycles. The molecular formula is C20H25NOS. The fraction of sp³-hybridized carbons (Fsp3) is 0.450. The number of hydrogen-bond acceptors (Lipinski definition) is 3. The molecule has 0 amide bonds. The molecule has 0 radical (unpaired) electrons. The number of rotatable bonds is 6. The zero-order valence-corrected chi connectivity index (χ0v) is 15.0. The smallest absolute Gasteiger partial charge is 0.179 e. The number of allylic oxidation sites excluding steroid dienone is 1. The molecule has 1 aliphatic heterocycles. The molecule has 0 aromatic heterocycles. The molecule has 1 unspecified atom stereocenters. The van der Waals surface area contributed by atoms with Gasteiger partial charge in [0.25, 0.3) is 0 Å². The summed E-state index contributed by atoms with van der Waals surface area (Å²) >= 11 is 1.75. The van der Waals surface area contributed by atoms with Crippen molar-refractivity contribution < 1.29 is 4.79 Å². The monoisotopic (exact) mass is 327 g/mol. The third-order valence-electron chi connectivity index (χ3n) is 3.84. The highest BCUT2D eigenvalue weighted by atomic mass is 32.2. The van der Waals surface area contributed by atoms with Gasteiger partial charge in [-0.3, -0.25) is 4.79 Å². The van der Waals surface area contributed by atoms with E-state index in [-0.39, 0.29) is 11.0 Å². The van der Waals surface area contributed by atoms with Crippen molar-refractivity contribution in [1.29, 1.82) is 0 Å². The van der Waals surface area contributed by atoms with E-state index in [1.807, 2.05) is 18.3 Å². The molecule has 122 valence electrons. The summed E-state index contributed by atoms with van der Waals surface area (Å²) in [5, 5.41) is -0.0315. The van der Waals surface area contributed by atoms with Crippen molar-refractivity contribution in [2.24, 2.45) is 5.92 Å². The Bertz CT molecular complexity index is 627. The number of carbonyl (C=O) groups excluding carboxylic acids is 1. The molecule has 2 nitrogen and oxygen atoms in total. The molecule has 2 rings (SSSR count). The van der Waals surface area contributed by atoms with Gasteiger partial charge in [-0.15, -0.1) is 18.2 Å². The lowest BCUT2D eigenvalue weighted by molar-refractivity contribution is -0.113. The van der Waals surface area contributed by atoms with Crippen LogP contribution in [0.5, 0.6) is 0 Å². The first-order chi connectivity index (χ1) is 11.0. The van der Waals surface area contributed by atoms with Crippen molar-refractivity contribution in [3.05, 3.63) is 41.6 Å². The molecule has 23 heavy (non-hydrogen) atoms. The lowest BCUT2D eigenvalue weighted by atomic mass is 9.95. The minimum atomic E-state index is -0.0315. The van der Waals surface area contributed by atoms with Crippen LogP contribution in [-0.4, -0.2) is 34.8 Å². The molecule has 0 aliphatic carbocycles. The van der Waals surface area contributed by atoms with Crippen LogP contribution in [0.1, 0.15) is 31.9 Å². The van der Waals surface area contributed by atoms with E-state index in [0.717, 1.165) is 23.3 Å². The minimum Gasteiger partial charge on any atom is -0.364 e. The lowest BCUT2D eigenvalue weighted by Gasteiger charge is -2.30. The van der Waals surface area contributed by atoms with Crippen LogP contribution in [0, 0.1) is 18.3 Å². The zero-order chi connectivity index (χ0) is 16.8. The number of thioether (sulfide) groups is 1. The Morgan fingerprint density at radius 3 is 2.87 bits per heavy atom. The van der Waals surface area contributed by atoms with E-state index in [2.05, 4.69) is 43.7 Å². The van der Waals surface area contributed by atoms with Crippen molar-refractivity contribution in [2.45, 2.75) is 32.4 Å². The molecule has 0 bridgehead atoms. The maximum absolute atomic E-state index is 12.9. The van der Waals surface area contributed by atoms with Crippen LogP contribution in [0.25, 0.3) is 5.57 Å². The average molecular weight is 327 g/mol. The van der Waals surface area contributed by atoms with Crippen LogP contribution < -0.4 is 0 Å². The van der Waals surface area contributed by atoms with Gasteiger partial charge >= 0.3 is 0 Å². The van der Waals surface area contributed by atoms with E-state index < -0.39 is 0 Å². The number of terminal acetylenes is 1. The number of Topliss-reactive ketones (excluding diaryl/α,β-unsaturated/α-hetero) is 1. The predicted molar refractivity (Wildman–Crippen MR) is 100 cm³/mol. The predicted octanol–water partition coefficient (Wildman–Crippen LogP) is 3.87. The van der Waals surface area contributed by atoms with Crippen molar-refractivity contribution in [3.63, 3.8) is 0 Å². The third kappa shape index (κ3) is 4.65. The normalized spacial score (nSPS) is 18.0. The van der Waals surface area contributed by atoms with Gasteiger partial charge in [0.2, 0.25) is 0 Å². The minimum absolute atomic E-state index is 0.0315. The quantitative estimate of drug-likeness (QED) is 0.740. The summed E-state index contributed by atoms with van der Waals surface area (Å²) < 4.78 is 0. The van der Waals surface area contributed by atoms with Crippen molar-refractivity contribution in [2.75, 3.05) is 18.8 Å². The van der Waals surface area contributed by atoms with Crippen LogP contribution in [0.3, 0.4) is 0 Å². The molecular weight excluding hydrogens is 302 g/mol. The number of aryl methyl sites for hydroxylation is 1. The second-order valence-corrected chi connectivity index (χ2v) is 7.55. The topological polar surface area (TPSA) is 20.3 Å². The number of ketones is 1. The van der Waals surface area contributed by atoms with Gasteiger partial charge in [0, 0.05) is 18.3 Å². The Kier molecular flexibility index (Phi) is 6.36. The zero-order valence-electron chi connectivity index (χ0n) is 14.2. The van der Waals surface area contributed by atoms with Gasteiger partial charge in [-0.05, 0) is 29.2 Å². The average Bonchev–Trinajstić information content (AvgIpc) is 2.55. The van der Waals surface area contributed by atoms with Crippen LogP contribution >= 0.6 is 11.8 Å². The van der Waals surface area contributed by atoms with Crippen molar-refractivity contribution in [3.8, 4) is 12.3 Å². The SMILES string of the molecule is C#CCN1C=C(c2cccc(CC)c2)C(=O)C(SCC(C)C)C1. The summed E-state index contributed by atoms with van der Waals surface area (Å²) in [7, 11) is 0. The van der Waals surface area contributed by atoms with E-state index in [1.165, 1.54) is 5.56 Å². The maximum Gasteiger partial charge on any atom is 0.179 e. The molecule has 1 aromatic rings. The highest BCUT2D eigenvalue weighted by Crippen LogP contribution is 2.29. The largest absolute Gasteiger partial charge is 0.364 e. The van der Waals surface area contributed by atoms with Gasteiger partial charge < -0.3 is 4.90 Å². The summed E-state index contributed by atoms with van der Waals surface area (Å²) in [5.41, 5.74) is 3.05. The Morgan fingerprint density at radius 2 is 2.22 bits per heavy atom. The van der Waals surface area contributed by atoms with Crippen LogP contribution in [-0.2, 0) is 11.2 Å². The summed E-state index contributed by atoms with van der Waals surface area (Å²) in [5.74, 6) is 4.49. The van der Waals surface area contributed by atoms with E-state index in [9.17, 15) is 4.79 Å². The Balaban J connectivity index is 2.30. The number of benzene rings is 1. The molecule has 0 spiro atoms. The second kappa shape index (κ2) is 8.26. The van der Waals surface area contributed by atoms with E-state index >= 15 is 0 Å². The van der Waals surface area contributed by atoms with Crippen molar-refractivity contribution >= 4 is 23.1 Å². The number of hydrogen-bond donors (Lipinski definition) is 0.